The monoisotopic (exact) mass is 317 g/mol. The second-order valence-electron chi connectivity index (χ2n) is 3.37. The van der Waals surface area contributed by atoms with Crippen molar-refractivity contribution in [3.05, 3.63) is 41.4 Å². The molecule has 0 saturated carbocycles. The maximum absolute atomic E-state index is 11.5. The van der Waals surface area contributed by atoms with Crippen molar-refractivity contribution < 1.29 is 13.2 Å². The van der Waals surface area contributed by atoms with Gasteiger partial charge in [-0.2, -0.15) is 0 Å². The van der Waals surface area contributed by atoms with E-state index in [2.05, 4.69) is 27.8 Å². The van der Waals surface area contributed by atoms with Crippen molar-refractivity contribution >= 4 is 37.4 Å². The number of halogens is 1. The quantitative estimate of drug-likeness (QED) is 0.845. The summed E-state index contributed by atoms with van der Waals surface area (Å²) in [6, 6.07) is 6.99. The summed E-state index contributed by atoms with van der Waals surface area (Å²) in [7, 11) is -3.41. The van der Waals surface area contributed by atoms with Crippen LogP contribution in [0.2, 0.25) is 0 Å². The zero-order chi connectivity index (χ0) is 12.9. The summed E-state index contributed by atoms with van der Waals surface area (Å²) < 4.78 is 23.4. The fraction of sp³-hybridized carbons (Fsp3) is 0.182. The molecule has 0 heterocycles. The van der Waals surface area contributed by atoms with Gasteiger partial charge in [0.15, 0.2) is 9.84 Å². The molecule has 1 aromatic carbocycles. The lowest BCUT2D eigenvalue weighted by atomic mass is 10.3. The van der Waals surface area contributed by atoms with Gasteiger partial charge in [0.2, 0.25) is 5.91 Å². The van der Waals surface area contributed by atoms with Crippen molar-refractivity contribution in [2.45, 2.75) is 0 Å². The summed E-state index contributed by atoms with van der Waals surface area (Å²) in [4.78, 5) is 11.5. The Hall–Kier alpha value is -1.14. The normalized spacial score (nSPS) is 10.9. The minimum Gasteiger partial charge on any atom is -0.324 e. The molecule has 17 heavy (non-hydrogen) atoms. The van der Waals surface area contributed by atoms with Crippen LogP contribution in [0.3, 0.4) is 0 Å². The fourth-order valence-corrected chi connectivity index (χ4v) is 2.52. The molecule has 0 aromatic heterocycles. The first-order valence-electron chi connectivity index (χ1n) is 4.80. The van der Waals surface area contributed by atoms with Gasteiger partial charge in [-0.05, 0) is 28.1 Å². The van der Waals surface area contributed by atoms with E-state index in [0.717, 1.165) is 0 Å². The lowest BCUT2D eigenvalue weighted by Gasteiger charge is -2.06. The maximum atomic E-state index is 11.5. The second-order valence-corrected chi connectivity index (χ2v) is 6.33. The van der Waals surface area contributed by atoms with E-state index < -0.39 is 21.5 Å². The van der Waals surface area contributed by atoms with Crippen LogP contribution >= 0.6 is 15.9 Å². The highest BCUT2D eigenvalue weighted by molar-refractivity contribution is 9.10. The number of para-hydroxylation sites is 1. The number of amides is 1. The molecule has 1 N–H and O–H groups in total. The van der Waals surface area contributed by atoms with Gasteiger partial charge in [0.25, 0.3) is 0 Å². The minimum atomic E-state index is -3.41. The van der Waals surface area contributed by atoms with Crippen LogP contribution in [0.4, 0.5) is 5.69 Å². The molecule has 0 atom stereocenters. The minimum absolute atomic E-state index is 0.198. The standard InChI is InChI=1S/C11H12BrNO3S/c1-2-7-17(15,16)8-11(14)13-10-6-4-3-5-9(10)12/h2-6H,1,7-8H2,(H,13,14). The van der Waals surface area contributed by atoms with Crippen molar-refractivity contribution in [1.29, 1.82) is 0 Å². The van der Waals surface area contributed by atoms with Crippen LogP contribution in [-0.2, 0) is 14.6 Å². The Labute approximate surface area is 109 Å². The first kappa shape index (κ1) is 13.9. The average molecular weight is 318 g/mol. The van der Waals surface area contributed by atoms with Gasteiger partial charge < -0.3 is 5.32 Å². The molecule has 0 radical (unpaired) electrons. The van der Waals surface area contributed by atoms with Gasteiger partial charge in [-0.25, -0.2) is 8.42 Å². The fourth-order valence-electron chi connectivity index (χ4n) is 1.19. The lowest BCUT2D eigenvalue weighted by molar-refractivity contribution is -0.113. The Morgan fingerprint density at radius 2 is 2.06 bits per heavy atom. The number of sulfone groups is 1. The zero-order valence-corrected chi connectivity index (χ0v) is 11.4. The molecule has 1 aromatic rings. The van der Waals surface area contributed by atoms with Crippen LogP contribution in [-0.4, -0.2) is 25.8 Å². The van der Waals surface area contributed by atoms with Crippen molar-refractivity contribution in [2.24, 2.45) is 0 Å². The number of benzene rings is 1. The summed E-state index contributed by atoms with van der Waals surface area (Å²) in [5.41, 5.74) is 0.548. The largest absolute Gasteiger partial charge is 0.324 e. The average Bonchev–Trinajstić information content (AvgIpc) is 2.20. The first-order valence-corrected chi connectivity index (χ1v) is 7.42. The van der Waals surface area contributed by atoms with E-state index in [1.165, 1.54) is 6.08 Å². The molecule has 0 fully saturated rings. The Kier molecular flexibility index (Phi) is 4.89. The second kappa shape index (κ2) is 5.97. The number of hydrogen-bond donors (Lipinski definition) is 1. The van der Waals surface area contributed by atoms with E-state index in [0.29, 0.717) is 10.2 Å². The molecular formula is C11H12BrNO3S. The number of hydrogen-bond acceptors (Lipinski definition) is 3. The van der Waals surface area contributed by atoms with Crippen molar-refractivity contribution in [2.75, 3.05) is 16.8 Å². The SMILES string of the molecule is C=CCS(=O)(=O)CC(=O)Nc1ccccc1Br. The summed E-state index contributed by atoms with van der Waals surface area (Å²) in [6.45, 7) is 3.33. The summed E-state index contributed by atoms with van der Waals surface area (Å²) >= 11 is 3.25. The van der Waals surface area contributed by atoms with Gasteiger partial charge in [-0.3, -0.25) is 4.79 Å². The van der Waals surface area contributed by atoms with Crippen LogP contribution in [0.5, 0.6) is 0 Å². The molecular weight excluding hydrogens is 306 g/mol. The topological polar surface area (TPSA) is 63.2 Å². The molecule has 0 bridgehead atoms. The Morgan fingerprint density at radius 3 is 2.65 bits per heavy atom. The predicted molar refractivity (Wildman–Crippen MR) is 71.6 cm³/mol. The van der Waals surface area contributed by atoms with Crippen LogP contribution in [0.25, 0.3) is 0 Å². The van der Waals surface area contributed by atoms with Gasteiger partial charge in [-0.1, -0.05) is 18.2 Å². The lowest BCUT2D eigenvalue weighted by Crippen LogP contribution is -2.24. The van der Waals surface area contributed by atoms with E-state index in [4.69, 9.17) is 0 Å². The van der Waals surface area contributed by atoms with Gasteiger partial charge in [0.05, 0.1) is 11.4 Å². The highest BCUT2D eigenvalue weighted by Gasteiger charge is 2.15. The summed E-state index contributed by atoms with van der Waals surface area (Å²) in [5.74, 6) is -1.30. The van der Waals surface area contributed by atoms with Crippen molar-refractivity contribution in [3.8, 4) is 0 Å². The molecule has 6 heteroatoms. The molecule has 0 aliphatic carbocycles. The molecule has 0 saturated heterocycles. The smallest absolute Gasteiger partial charge is 0.239 e. The molecule has 1 amide bonds. The summed E-state index contributed by atoms with van der Waals surface area (Å²) in [5, 5.41) is 2.53. The van der Waals surface area contributed by atoms with Crippen LogP contribution < -0.4 is 5.32 Å². The highest BCUT2D eigenvalue weighted by atomic mass is 79.9. The van der Waals surface area contributed by atoms with E-state index in [-0.39, 0.29) is 5.75 Å². The third-order valence-electron chi connectivity index (χ3n) is 1.87. The highest BCUT2D eigenvalue weighted by Crippen LogP contribution is 2.20. The van der Waals surface area contributed by atoms with E-state index in [1.54, 1.807) is 24.3 Å². The molecule has 0 spiro atoms. The molecule has 0 aliphatic rings. The molecule has 0 unspecified atom stereocenters. The zero-order valence-electron chi connectivity index (χ0n) is 9.02. The first-order chi connectivity index (χ1) is 7.94. The van der Waals surface area contributed by atoms with Gasteiger partial charge in [0.1, 0.15) is 5.75 Å². The van der Waals surface area contributed by atoms with Gasteiger partial charge in [0, 0.05) is 4.47 Å². The van der Waals surface area contributed by atoms with Crippen molar-refractivity contribution in [3.63, 3.8) is 0 Å². The van der Waals surface area contributed by atoms with Crippen LogP contribution in [0, 0.1) is 0 Å². The Balaban J connectivity index is 2.69. The Morgan fingerprint density at radius 1 is 1.41 bits per heavy atom. The third-order valence-corrected chi connectivity index (χ3v) is 4.01. The van der Waals surface area contributed by atoms with Crippen LogP contribution in [0.1, 0.15) is 0 Å². The van der Waals surface area contributed by atoms with Crippen LogP contribution in [0.15, 0.2) is 41.4 Å². The third kappa shape index (κ3) is 4.70. The van der Waals surface area contributed by atoms with Gasteiger partial charge in [-0.15, -0.1) is 6.58 Å². The predicted octanol–water partition coefficient (Wildman–Crippen LogP) is 1.99. The maximum Gasteiger partial charge on any atom is 0.239 e. The number of nitrogens with one attached hydrogen (secondary N) is 1. The Bertz CT molecular complexity index is 525. The molecule has 92 valence electrons. The number of rotatable bonds is 5. The van der Waals surface area contributed by atoms with E-state index in [1.807, 2.05) is 0 Å². The molecule has 1 rings (SSSR count). The number of carbonyl (C=O) groups is 1. The van der Waals surface area contributed by atoms with E-state index >= 15 is 0 Å². The van der Waals surface area contributed by atoms with Crippen molar-refractivity contribution in [1.82, 2.24) is 0 Å². The van der Waals surface area contributed by atoms with Gasteiger partial charge >= 0.3 is 0 Å². The molecule has 4 nitrogen and oxygen atoms in total. The summed E-state index contributed by atoms with van der Waals surface area (Å²) in [6.07, 6.45) is 1.26. The number of anilines is 1. The number of carbonyl (C=O) groups excluding carboxylic acids is 1. The van der Waals surface area contributed by atoms with E-state index in [9.17, 15) is 13.2 Å². The molecule has 0 aliphatic heterocycles.